The van der Waals surface area contributed by atoms with E-state index in [-0.39, 0.29) is 17.2 Å². The zero-order valence-electron chi connectivity index (χ0n) is 16.7. The van der Waals surface area contributed by atoms with Gasteiger partial charge < -0.3 is 5.32 Å². The fourth-order valence-electron chi connectivity index (χ4n) is 4.66. The molecule has 2 aromatic rings. The average Bonchev–Trinajstić information content (AvgIpc) is 3.41. The smallest absolute Gasteiger partial charge is 0.223 e. The maximum absolute atomic E-state index is 13.4. The molecular weight excluding hydrogens is 370 g/mol. The first-order valence-electron chi connectivity index (χ1n) is 10.5. The number of rotatable bonds is 7. The number of carbonyl (C=O) groups is 1. The molecule has 1 aliphatic heterocycles. The minimum absolute atomic E-state index is 0.132. The standard InChI is InChI=1S/C24H28F2N2O/c25-20-13-19(14-21(26)15-20)17-28-11-8-24(9-12-28)16-22(24)23(29)27-10-4-7-18-5-2-1-3-6-18/h1-3,5-6,13-15,22H,4,7-12,16-17H2,(H,27,29)/t22-/m1/s1. The number of hydrogen-bond donors (Lipinski definition) is 1. The van der Waals surface area contributed by atoms with Crippen molar-refractivity contribution in [3.8, 4) is 0 Å². The lowest BCUT2D eigenvalue weighted by atomic mass is 9.90. The lowest BCUT2D eigenvalue weighted by molar-refractivity contribution is -0.123. The monoisotopic (exact) mass is 398 g/mol. The number of nitrogens with zero attached hydrogens (tertiary/aromatic N) is 1. The Kier molecular flexibility index (Phi) is 5.95. The summed E-state index contributed by atoms with van der Waals surface area (Å²) in [5, 5.41) is 3.11. The molecule has 154 valence electrons. The first kappa shape index (κ1) is 20.0. The summed E-state index contributed by atoms with van der Waals surface area (Å²) in [6.45, 7) is 3.02. The van der Waals surface area contributed by atoms with Crippen LogP contribution in [0.1, 0.15) is 36.8 Å². The van der Waals surface area contributed by atoms with Crippen molar-refractivity contribution in [3.05, 3.63) is 71.3 Å². The molecule has 2 aromatic carbocycles. The summed E-state index contributed by atoms with van der Waals surface area (Å²) in [7, 11) is 0. The van der Waals surface area contributed by atoms with Crippen LogP contribution in [0.15, 0.2) is 48.5 Å². The van der Waals surface area contributed by atoms with Crippen molar-refractivity contribution in [1.29, 1.82) is 0 Å². The van der Waals surface area contributed by atoms with Gasteiger partial charge in [-0.2, -0.15) is 0 Å². The van der Waals surface area contributed by atoms with Crippen LogP contribution in [0.5, 0.6) is 0 Å². The second kappa shape index (κ2) is 8.62. The second-order valence-electron chi connectivity index (χ2n) is 8.55. The lowest BCUT2D eigenvalue weighted by Crippen LogP contribution is -2.37. The van der Waals surface area contributed by atoms with Crippen LogP contribution >= 0.6 is 0 Å². The number of piperidine rings is 1. The Bertz CT molecular complexity index is 827. The van der Waals surface area contributed by atoms with Crippen LogP contribution < -0.4 is 5.32 Å². The molecule has 1 N–H and O–H groups in total. The molecule has 0 radical (unpaired) electrons. The molecule has 2 aliphatic rings. The van der Waals surface area contributed by atoms with Crippen LogP contribution in [0.4, 0.5) is 8.78 Å². The topological polar surface area (TPSA) is 32.3 Å². The molecule has 0 aromatic heterocycles. The number of benzene rings is 2. The molecule has 1 saturated heterocycles. The van der Waals surface area contributed by atoms with Crippen LogP contribution in [0.2, 0.25) is 0 Å². The largest absolute Gasteiger partial charge is 0.356 e. The highest BCUT2D eigenvalue weighted by atomic mass is 19.1. The molecule has 1 aliphatic carbocycles. The van der Waals surface area contributed by atoms with Crippen molar-refractivity contribution >= 4 is 5.91 Å². The summed E-state index contributed by atoms with van der Waals surface area (Å²) in [5.74, 6) is -0.731. The number of carbonyl (C=O) groups excluding carboxylic acids is 1. The number of nitrogens with one attached hydrogen (secondary N) is 1. The predicted octanol–water partition coefficient (Wildman–Crippen LogP) is 4.32. The highest BCUT2D eigenvalue weighted by Gasteiger charge is 2.58. The van der Waals surface area contributed by atoms with Gasteiger partial charge in [-0.25, -0.2) is 8.78 Å². The summed E-state index contributed by atoms with van der Waals surface area (Å²) < 4.78 is 26.8. The van der Waals surface area contributed by atoms with E-state index in [9.17, 15) is 13.6 Å². The SMILES string of the molecule is O=C(NCCCc1ccccc1)[C@H]1CC12CCN(Cc1cc(F)cc(F)c1)CC2. The van der Waals surface area contributed by atoms with Crippen LogP contribution in [0.25, 0.3) is 0 Å². The van der Waals surface area contributed by atoms with E-state index in [1.165, 1.54) is 17.7 Å². The molecule has 0 bridgehead atoms. The third-order valence-electron chi connectivity index (χ3n) is 6.47. The molecule has 29 heavy (non-hydrogen) atoms. The van der Waals surface area contributed by atoms with Crippen molar-refractivity contribution < 1.29 is 13.6 Å². The van der Waals surface area contributed by atoms with Crippen molar-refractivity contribution in [1.82, 2.24) is 10.2 Å². The quantitative estimate of drug-likeness (QED) is 0.705. The van der Waals surface area contributed by atoms with E-state index in [1.54, 1.807) is 0 Å². The van der Waals surface area contributed by atoms with E-state index < -0.39 is 11.6 Å². The number of hydrogen-bond acceptors (Lipinski definition) is 2. The van der Waals surface area contributed by atoms with Crippen molar-refractivity contribution in [2.45, 2.75) is 38.6 Å². The van der Waals surface area contributed by atoms with Crippen LogP contribution in [0.3, 0.4) is 0 Å². The number of aryl methyl sites for hydroxylation is 1. The molecule has 1 heterocycles. The Labute approximate surface area is 171 Å². The van der Waals surface area contributed by atoms with E-state index >= 15 is 0 Å². The van der Waals surface area contributed by atoms with E-state index in [1.807, 2.05) is 18.2 Å². The highest BCUT2D eigenvalue weighted by molar-refractivity contribution is 5.82. The predicted molar refractivity (Wildman–Crippen MR) is 109 cm³/mol. The molecular formula is C24H28F2N2O. The van der Waals surface area contributed by atoms with Gasteiger partial charge >= 0.3 is 0 Å². The molecule has 3 nitrogen and oxygen atoms in total. The zero-order chi connectivity index (χ0) is 20.3. The molecule has 4 rings (SSSR count). The number of likely N-dealkylation sites (tertiary alicyclic amines) is 1. The van der Waals surface area contributed by atoms with Gasteiger partial charge in [0, 0.05) is 25.1 Å². The molecule has 1 amide bonds. The van der Waals surface area contributed by atoms with E-state index in [0.29, 0.717) is 12.1 Å². The van der Waals surface area contributed by atoms with Crippen LogP contribution in [-0.4, -0.2) is 30.4 Å². The van der Waals surface area contributed by atoms with Crippen molar-refractivity contribution in [3.63, 3.8) is 0 Å². The van der Waals surface area contributed by atoms with E-state index in [4.69, 9.17) is 0 Å². The molecule has 1 atom stereocenters. The van der Waals surface area contributed by atoms with Gasteiger partial charge in [0.15, 0.2) is 0 Å². The Morgan fingerprint density at radius 1 is 1.03 bits per heavy atom. The Hall–Kier alpha value is -2.27. The van der Waals surface area contributed by atoms with Crippen molar-refractivity contribution in [2.24, 2.45) is 11.3 Å². The number of halogens is 2. The van der Waals surface area contributed by atoms with Crippen molar-refractivity contribution in [2.75, 3.05) is 19.6 Å². The minimum Gasteiger partial charge on any atom is -0.356 e. The molecule has 0 unspecified atom stereocenters. The first-order valence-corrected chi connectivity index (χ1v) is 10.5. The molecule has 5 heteroatoms. The van der Waals surface area contributed by atoms with Gasteiger partial charge in [0.05, 0.1) is 0 Å². The van der Waals surface area contributed by atoms with Gasteiger partial charge in [-0.3, -0.25) is 9.69 Å². The van der Waals surface area contributed by atoms with Gasteiger partial charge in [-0.15, -0.1) is 0 Å². The Balaban J connectivity index is 1.18. The fraction of sp³-hybridized carbons (Fsp3) is 0.458. The maximum atomic E-state index is 13.4. The van der Waals surface area contributed by atoms with E-state index in [0.717, 1.165) is 57.8 Å². The van der Waals surface area contributed by atoms with Gasteiger partial charge in [-0.05, 0) is 73.9 Å². The Morgan fingerprint density at radius 2 is 1.72 bits per heavy atom. The second-order valence-corrected chi connectivity index (χ2v) is 8.55. The lowest BCUT2D eigenvalue weighted by Gasteiger charge is -2.32. The zero-order valence-corrected chi connectivity index (χ0v) is 16.7. The summed E-state index contributed by atoms with van der Waals surface area (Å²) in [4.78, 5) is 14.8. The molecule has 2 fully saturated rings. The Morgan fingerprint density at radius 3 is 2.41 bits per heavy atom. The molecule has 1 spiro atoms. The third-order valence-corrected chi connectivity index (χ3v) is 6.47. The maximum Gasteiger partial charge on any atom is 0.223 e. The fourth-order valence-corrected chi connectivity index (χ4v) is 4.66. The summed E-state index contributed by atoms with van der Waals surface area (Å²) in [5.41, 5.74) is 2.12. The van der Waals surface area contributed by atoms with E-state index in [2.05, 4.69) is 22.3 Å². The van der Waals surface area contributed by atoms with Crippen LogP contribution in [-0.2, 0) is 17.8 Å². The van der Waals surface area contributed by atoms with Gasteiger partial charge in [0.2, 0.25) is 5.91 Å². The van der Waals surface area contributed by atoms with Gasteiger partial charge in [0.25, 0.3) is 0 Å². The van der Waals surface area contributed by atoms with Gasteiger partial charge in [0.1, 0.15) is 11.6 Å². The summed E-state index contributed by atoms with van der Waals surface area (Å²) in [6, 6.07) is 14.0. The average molecular weight is 398 g/mol. The minimum atomic E-state index is -0.528. The van der Waals surface area contributed by atoms with Gasteiger partial charge in [-0.1, -0.05) is 30.3 Å². The third kappa shape index (κ3) is 5.02. The summed E-state index contributed by atoms with van der Waals surface area (Å²) >= 11 is 0. The van der Waals surface area contributed by atoms with Crippen LogP contribution in [0, 0.1) is 23.0 Å². The normalized spacial score (nSPS) is 20.6. The first-order chi connectivity index (χ1) is 14.0. The number of amides is 1. The summed E-state index contributed by atoms with van der Waals surface area (Å²) in [6.07, 6.45) is 4.86. The molecule has 1 saturated carbocycles. The highest BCUT2D eigenvalue weighted by Crippen LogP contribution is 2.59.